The van der Waals surface area contributed by atoms with Crippen LogP contribution in [0.25, 0.3) is 11.3 Å². The van der Waals surface area contributed by atoms with Crippen LogP contribution in [0.4, 0.5) is 22.0 Å². The van der Waals surface area contributed by atoms with E-state index >= 15 is 0 Å². The standard InChI is InChI=1S/C24H23N7O3/c1-34-19-13-18(11-12-26-19)28-23-20(22(25)32)21(30-31-23)16-7-9-17(10-8-16)29-24(33)27-14-15-5-3-2-4-6-15/h2-13H,14H2,1H3,(H2,25,32)(H2,27,29,33)(H2,26,28,30,31). The summed E-state index contributed by atoms with van der Waals surface area (Å²) in [5, 5.41) is 15.7. The van der Waals surface area contributed by atoms with Crippen molar-refractivity contribution in [2.45, 2.75) is 6.54 Å². The zero-order chi connectivity index (χ0) is 23.9. The predicted octanol–water partition coefficient (Wildman–Crippen LogP) is 3.64. The predicted molar refractivity (Wildman–Crippen MR) is 129 cm³/mol. The minimum Gasteiger partial charge on any atom is -0.481 e. The Balaban J connectivity index is 1.46. The van der Waals surface area contributed by atoms with E-state index in [1.54, 1.807) is 42.6 Å². The number of benzene rings is 2. The second-order valence-corrected chi connectivity index (χ2v) is 7.27. The lowest BCUT2D eigenvalue weighted by atomic mass is 10.1. The summed E-state index contributed by atoms with van der Waals surface area (Å²) in [6, 6.07) is 19.6. The quantitative estimate of drug-likeness (QED) is 0.273. The van der Waals surface area contributed by atoms with Gasteiger partial charge in [-0.15, -0.1) is 0 Å². The number of hydrogen-bond donors (Lipinski definition) is 5. The molecule has 0 saturated heterocycles. The Morgan fingerprint density at radius 2 is 1.79 bits per heavy atom. The minimum atomic E-state index is -0.644. The largest absolute Gasteiger partial charge is 0.481 e. The maximum absolute atomic E-state index is 12.2. The van der Waals surface area contributed by atoms with E-state index in [-0.39, 0.29) is 11.6 Å². The van der Waals surface area contributed by atoms with Gasteiger partial charge in [0, 0.05) is 35.7 Å². The number of carbonyl (C=O) groups excluding carboxylic acids is 2. The van der Waals surface area contributed by atoms with Gasteiger partial charge in [0.1, 0.15) is 17.1 Å². The van der Waals surface area contributed by atoms with Gasteiger partial charge in [0.25, 0.3) is 5.91 Å². The molecule has 34 heavy (non-hydrogen) atoms. The monoisotopic (exact) mass is 457 g/mol. The summed E-state index contributed by atoms with van der Waals surface area (Å²) in [5.74, 6) is 0.120. The van der Waals surface area contributed by atoms with Gasteiger partial charge in [-0.05, 0) is 23.8 Å². The molecular formula is C24H23N7O3. The third-order valence-electron chi connectivity index (χ3n) is 4.94. The minimum absolute atomic E-state index is 0.206. The fourth-order valence-corrected chi connectivity index (χ4v) is 3.29. The molecule has 4 rings (SSSR count). The van der Waals surface area contributed by atoms with Crippen molar-refractivity contribution in [1.29, 1.82) is 0 Å². The Bertz CT molecular complexity index is 1290. The van der Waals surface area contributed by atoms with E-state index in [9.17, 15) is 9.59 Å². The lowest BCUT2D eigenvalue weighted by Crippen LogP contribution is -2.28. The molecular weight excluding hydrogens is 434 g/mol. The number of nitrogens with one attached hydrogen (secondary N) is 4. The fraction of sp³-hybridized carbons (Fsp3) is 0.0833. The van der Waals surface area contributed by atoms with Crippen LogP contribution in [0, 0.1) is 0 Å². The molecule has 4 aromatic rings. The molecule has 0 bridgehead atoms. The van der Waals surface area contributed by atoms with Gasteiger partial charge in [-0.2, -0.15) is 5.10 Å². The van der Waals surface area contributed by atoms with Crippen LogP contribution in [0.3, 0.4) is 0 Å². The number of rotatable bonds is 8. The second kappa shape index (κ2) is 10.2. The Labute approximate surface area is 195 Å². The van der Waals surface area contributed by atoms with E-state index in [2.05, 4.69) is 31.1 Å². The number of methoxy groups -OCH3 is 1. The molecule has 10 heteroatoms. The molecule has 0 aliphatic heterocycles. The van der Waals surface area contributed by atoms with Crippen molar-refractivity contribution in [3.8, 4) is 17.1 Å². The zero-order valence-corrected chi connectivity index (χ0v) is 18.3. The molecule has 3 amide bonds. The van der Waals surface area contributed by atoms with Crippen molar-refractivity contribution in [2.75, 3.05) is 17.7 Å². The maximum atomic E-state index is 12.2. The number of urea groups is 1. The number of nitrogens with two attached hydrogens (primary N) is 1. The van der Waals surface area contributed by atoms with Gasteiger partial charge < -0.3 is 26.4 Å². The van der Waals surface area contributed by atoms with Gasteiger partial charge >= 0.3 is 6.03 Å². The molecule has 0 radical (unpaired) electrons. The molecule has 0 unspecified atom stereocenters. The van der Waals surface area contributed by atoms with Crippen molar-refractivity contribution in [3.63, 3.8) is 0 Å². The number of ether oxygens (including phenoxy) is 1. The first-order chi connectivity index (χ1) is 16.5. The molecule has 6 N–H and O–H groups in total. The van der Waals surface area contributed by atoms with Crippen LogP contribution in [-0.4, -0.2) is 34.2 Å². The van der Waals surface area contributed by atoms with Gasteiger partial charge in [-0.3, -0.25) is 9.89 Å². The molecule has 0 saturated carbocycles. The van der Waals surface area contributed by atoms with Crippen LogP contribution >= 0.6 is 0 Å². The van der Waals surface area contributed by atoms with E-state index in [0.717, 1.165) is 5.56 Å². The summed E-state index contributed by atoms with van der Waals surface area (Å²) >= 11 is 0. The lowest BCUT2D eigenvalue weighted by molar-refractivity contribution is 0.100. The molecule has 2 aromatic carbocycles. The van der Waals surface area contributed by atoms with Crippen LogP contribution in [0.5, 0.6) is 5.88 Å². The summed E-state index contributed by atoms with van der Waals surface area (Å²) in [6.07, 6.45) is 1.57. The molecule has 0 aliphatic carbocycles. The van der Waals surface area contributed by atoms with E-state index in [4.69, 9.17) is 10.5 Å². The summed E-state index contributed by atoms with van der Waals surface area (Å²) in [7, 11) is 1.51. The normalized spacial score (nSPS) is 10.4. The molecule has 0 atom stereocenters. The van der Waals surface area contributed by atoms with Crippen molar-refractivity contribution in [2.24, 2.45) is 5.73 Å². The first-order valence-corrected chi connectivity index (χ1v) is 10.4. The van der Waals surface area contributed by atoms with E-state index < -0.39 is 5.91 Å². The number of aromatic amines is 1. The first kappa shape index (κ1) is 22.3. The summed E-state index contributed by atoms with van der Waals surface area (Å²) in [4.78, 5) is 28.4. The van der Waals surface area contributed by atoms with E-state index in [1.165, 1.54) is 7.11 Å². The van der Waals surface area contributed by atoms with E-state index in [0.29, 0.717) is 40.9 Å². The number of anilines is 3. The van der Waals surface area contributed by atoms with Crippen molar-refractivity contribution in [3.05, 3.63) is 84.1 Å². The van der Waals surface area contributed by atoms with Crippen molar-refractivity contribution >= 4 is 29.1 Å². The average Bonchev–Trinajstić information content (AvgIpc) is 3.28. The van der Waals surface area contributed by atoms with Crippen LogP contribution in [0.2, 0.25) is 0 Å². The highest BCUT2D eigenvalue weighted by Gasteiger charge is 2.20. The highest BCUT2D eigenvalue weighted by atomic mass is 16.5. The lowest BCUT2D eigenvalue weighted by Gasteiger charge is -2.09. The number of aromatic nitrogens is 3. The Kier molecular flexibility index (Phi) is 6.68. The third-order valence-corrected chi connectivity index (χ3v) is 4.94. The number of hydrogen-bond acceptors (Lipinski definition) is 6. The number of primary amides is 1. The van der Waals surface area contributed by atoms with Crippen LogP contribution in [-0.2, 0) is 6.54 Å². The highest BCUT2D eigenvalue weighted by Crippen LogP contribution is 2.29. The van der Waals surface area contributed by atoms with Gasteiger partial charge in [0.2, 0.25) is 5.88 Å². The van der Waals surface area contributed by atoms with Gasteiger partial charge in [0.05, 0.1) is 7.11 Å². The molecule has 10 nitrogen and oxygen atoms in total. The second-order valence-electron chi connectivity index (χ2n) is 7.27. The van der Waals surface area contributed by atoms with Crippen LogP contribution in [0.1, 0.15) is 15.9 Å². The third kappa shape index (κ3) is 5.30. The van der Waals surface area contributed by atoms with Gasteiger partial charge in [-0.25, -0.2) is 9.78 Å². The first-order valence-electron chi connectivity index (χ1n) is 10.4. The number of carbonyl (C=O) groups is 2. The Hall–Kier alpha value is -4.86. The van der Waals surface area contributed by atoms with Crippen molar-refractivity contribution in [1.82, 2.24) is 20.5 Å². The molecule has 0 spiro atoms. The van der Waals surface area contributed by atoms with Gasteiger partial charge in [0.15, 0.2) is 0 Å². The number of nitrogens with zero attached hydrogens (tertiary/aromatic N) is 2. The molecule has 0 aliphatic rings. The topological polar surface area (TPSA) is 147 Å². The van der Waals surface area contributed by atoms with Gasteiger partial charge in [-0.1, -0.05) is 42.5 Å². The molecule has 2 aromatic heterocycles. The molecule has 2 heterocycles. The maximum Gasteiger partial charge on any atom is 0.319 e. The Morgan fingerprint density at radius 3 is 2.50 bits per heavy atom. The highest BCUT2D eigenvalue weighted by molar-refractivity contribution is 6.04. The summed E-state index contributed by atoms with van der Waals surface area (Å²) in [5.41, 5.74) is 9.12. The summed E-state index contributed by atoms with van der Waals surface area (Å²) in [6.45, 7) is 0.416. The van der Waals surface area contributed by atoms with E-state index in [1.807, 2.05) is 30.3 Å². The number of pyridine rings is 1. The number of amides is 3. The average molecular weight is 457 g/mol. The van der Waals surface area contributed by atoms with Crippen LogP contribution in [0.15, 0.2) is 72.9 Å². The summed E-state index contributed by atoms with van der Waals surface area (Å²) < 4.78 is 5.12. The molecule has 172 valence electrons. The Morgan fingerprint density at radius 1 is 1.03 bits per heavy atom. The smallest absolute Gasteiger partial charge is 0.319 e. The fourth-order valence-electron chi connectivity index (χ4n) is 3.29. The van der Waals surface area contributed by atoms with Crippen molar-refractivity contribution < 1.29 is 14.3 Å². The van der Waals surface area contributed by atoms with Crippen LogP contribution < -0.4 is 26.4 Å². The molecule has 0 fully saturated rings. The zero-order valence-electron chi connectivity index (χ0n) is 18.3. The number of H-pyrrole nitrogens is 1. The SMILES string of the molecule is COc1cc(Nc2[nH]nc(-c3ccc(NC(=O)NCc4ccccc4)cc3)c2C(N)=O)ccn1.